The number of benzene rings is 1. The molecule has 0 fully saturated rings. The predicted molar refractivity (Wildman–Crippen MR) is 58.2 cm³/mol. The molecule has 0 aromatic heterocycles. The van der Waals surface area contributed by atoms with E-state index in [1.807, 2.05) is 6.07 Å². The van der Waals surface area contributed by atoms with Gasteiger partial charge in [0.2, 0.25) is 0 Å². The Morgan fingerprint density at radius 2 is 2.31 bits per heavy atom. The Balaban J connectivity index is 2.72. The van der Waals surface area contributed by atoms with Crippen LogP contribution in [0.1, 0.15) is 23.2 Å². The highest BCUT2D eigenvalue weighted by molar-refractivity contribution is 5.92. The minimum atomic E-state index is -1.08. The van der Waals surface area contributed by atoms with E-state index in [4.69, 9.17) is 20.8 Å². The van der Waals surface area contributed by atoms with Crippen molar-refractivity contribution >= 4 is 11.7 Å². The van der Waals surface area contributed by atoms with Crippen LogP contribution < -0.4 is 10.5 Å². The summed E-state index contributed by atoms with van der Waals surface area (Å²) in [4.78, 5) is 10.9. The number of anilines is 1. The van der Waals surface area contributed by atoms with Crippen molar-refractivity contribution in [2.45, 2.75) is 12.8 Å². The fourth-order valence-electron chi connectivity index (χ4n) is 1.17. The number of nitrogens with two attached hydrogens (primary N) is 1. The molecule has 1 aromatic carbocycles. The van der Waals surface area contributed by atoms with E-state index in [0.29, 0.717) is 25.1 Å². The minimum Gasteiger partial charge on any atom is -0.493 e. The third-order valence-corrected chi connectivity index (χ3v) is 1.92. The van der Waals surface area contributed by atoms with Crippen LogP contribution in [0.5, 0.6) is 5.75 Å². The highest BCUT2D eigenvalue weighted by Gasteiger charge is 2.11. The van der Waals surface area contributed by atoms with Gasteiger partial charge in [-0.1, -0.05) is 0 Å². The first kappa shape index (κ1) is 11.9. The molecule has 5 nitrogen and oxygen atoms in total. The van der Waals surface area contributed by atoms with Gasteiger partial charge in [-0.15, -0.1) is 0 Å². The van der Waals surface area contributed by atoms with Crippen molar-refractivity contribution in [1.82, 2.24) is 0 Å². The molecule has 84 valence electrons. The summed E-state index contributed by atoms with van der Waals surface area (Å²) in [5, 5.41) is 17.2. The average molecular weight is 220 g/mol. The fraction of sp³-hybridized carbons (Fsp3) is 0.273. The maximum absolute atomic E-state index is 10.9. The molecule has 1 rings (SSSR count). The summed E-state index contributed by atoms with van der Waals surface area (Å²) in [7, 11) is 0. The van der Waals surface area contributed by atoms with E-state index >= 15 is 0 Å². The van der Waals surface area contributed by atoms with Crippen LogP contribution in [0.3, 0.4) is 0 Å². The molecule has 1 aromatic rings. The van der Waals surface area contributed by atoms with Crippen molar-refractivity contribution in [1.29, 1.82) is 5.26 Å². The van der Waals surface area contributed by atoms with Crippen LogP contribution in [0.25, 0.3) is 0 Å². The second-order valence-corrected chi connectivity index (χ2v) is 3.17. The number of nitrogens with zero attached hydrogens (tertiary/aromatic N) is 1. The van der Waals surface area contributed by atoms with E-state index in [1.165, 1.54) is 12.1 Å². The van der Waals surface area contributed by atoms with Gasteiger partial charge in [0, 0.05) is 12.1 Å². The zero-order chi connectivity index (χ0) is 12.0. The molecule has 0 saturated heterocycles. The maximum Gasteiger partial charge on any atom is 0.339 e. The van der Waals surface area contributed by atoms with E-state index in [2.05, 4.69) is 0 Å². The van der Waals surface area contributed by atoms with Gasteiger partial charge in [0.15, 0.2) is 0 Å². The number of unbranched alkanes of at least 4 members (excludes halogenated alkanes) is 1. The Kier molecular flexibility index (Phi) is 4.16. The number of carboxylic acid groups (broad SMARTS) is 1. The predicted octanol–water partition coefficient (Wildman–Crippen LogP) is 1.65. The lowest BCUT2D eigenvalue weighted by molar-refractivity contribution is 0.0692. The third-order valence-electron chi connectivity index (χ3n) is 1.92. The summed E-state index contributed by atoms with van der Waals surface area (Å²) >= 11 is 0. The van der Waals surface area contributed by atoms with Crippen LogP contribution >= 0.6 is 0 Å². The van der Waals surface area contributed by atoms with Crippen LogP contribution in [0.15, 0.2) is 18.2 Å². The van der Waals surface area contributed by atoms with Gasteiger partial charge in [-0.05, 0) is 24.6 Å². The molecule has 16 heavy (non-hydrogen) atoms. The Hall–Kier alpha value is -2.22. The number of rotatable bonds is 5. The molecule has 0 bridgehead atoms. The minimum absolute atomic E-state index is 0.0388. The summed E-state index contributed by atoms with van der Waals surface area (Å²) in [6.45, 7) is 0.317. The number of nitrogen functional groups attached to an aromatic ring is 1. The number of hydrogen-bond donors (Lipinski definition) is 2. The van der Waals surface area contributed by atoms with Crippen LogP contribution in [0, 0.1) is 11.3 Å². The molecule has 0 aliphatic heterocycles. The molecule has 0 atom stereocenters. The Bertz CT molecular complexity index is 424. The van der Waals surface area contributed by atoms with Gasteiger partial charge in [-0.2, -0.15) is 5.26 Å². The highest BCUT2D eigenvalue weighted by Crippen LogP contribution is 2.21. The normalized spacial score (nSPS) is 9.44. The van der Waals surface area contributed by atoms with E-state index in [0.717, 1.165) is 0 Å². The standard InChI is InChI=1S/C11H12N2O3/c12-5-1-2-6-16-10-4-3-8(13)7-9(10)11(14)15/h3-4,7H,1-2,6,13H2,(H,14,15). The molecule has 0 spiro atoms. The van der Waals surface area contributed by atoms with E-state index in [-0.39, 0.29) is 11.3 Å². The number of ether oxygens (including phenoxy) is 1. The van der Waals surface area contributed by atoms with Gasteiger partial charge in [0.1, 0.15) is 11.3 Å². The SMILES string of the molecule is N#CCCCOc1ccc(N)cc1C(=O)O. The molecule has 3 N–H and O–H groups in total. The zero-order valence-corrected chi connectivity index (χ0v) is 8.64. The molecule has 0 radical (unpaired) electrons. The second-order valence-electron chi connectivity index (χ2n) is 3.17. The lowest BCUT2D eigenvalue weighted by atomic mass is 10.2. The van der Waals surface area contributed by atoms with Crippen LogP contribution in [0.4, 0.5) is 5.69 Å². The molecule has 0 unspecified atom stereocenters. The van der Waals surface area contributed by atoms with Gasteiger partial charge in [-0.25, -0.2) is 4.79 Å². The zero-order valence-electron chi connectivity index (χ0n) is 8.64. The molecule has 0 heterocycles. The average Bonchev–Trinajstić information content (AvgIpc) is 2.26. The lowest BCUT2D eigenvalue weighted by Gasteiger charge is -2.08. The summed E-state index contributed by atoms with van der Waals surface area (Å²) in [6.07, 6.45) is 0.956. The van der Waals surface area contributed by atoms with Gasteiger partial charge in [0.25, 0.3) is 0 Å². The van der Waals surface area contributed by atoms with Crippen molar-refractivity contribution in [3.63, 3.8) is 0 Å². The molecular formula is C11H12N2O3. The number of nitriles is 1. The molecular weight excluding hydrogens is 208 g/mol. The molecule has 5 heteroatoms. The summed E-state index contributed by atoms with van der Waals surface area (Å²) in [5.41, 5.74) is 5.90. The van der Waals surface area contributed by atoms with E-state index < -0.39 is 5.97 Å². The van der Waals surface area contributed by atoms with Crippen LogP contribution in [-0.4, -0.2) is 17.7 Å². The summed E-state index contributed by atoms with van der Waals surface area (Å²) in [5.74, 6) is -0.803. The van der Waals surface area contributed by atoms with Crippen LogP contribution in [0.2, 0.25) is 0 Å². The first-order valence-electron chi connectivity index (χ1n) is 4.77. The maximum atomic E-state index is 10.9. The Morgan fingerprint density at radius 3 is 2.94 bits per heavy atom. The summed E-state index contributed by atoms with van der Waals surface area (Å²) < 4.78 is 5.27. The van der Waals surface area contributed by atoms with Gasteiger partial charge < -0.3 is 15.6 Å². The lowest BCUT2D eigenvalue weighted by Crippen LogP contribution is -2.05. The van der Waals surface area contributed by atoms with Crippen molar-refractivity contribution in [2.24, 2.45) is 0 Å². The third kappa shape index (κ3) is 3.17. The van der Waals surface area contributed by atoms with Crippen molar-refractivity contribution in [3.05, 3.63) is 23.8 Å². The van der Waals surface area contributed by atoms with E-state index in [9.17, 15) is 4.79 Å². The molecule has 0 saturated carbocycles. The molecule has 0 aliphatic carbocycles. The molecule has 0 amide bonds. The van der Waals surface area contributed by atoms with Crippen molar-refractivity contribution < 1.29 is 14.6 Å². The Labute approximate surface area is 93.1 Å². The fourth-order valence-corrected chi connectivity index (χ4v) is 1.17. The van der Waals surface area contributed by atoms with Gasteiger partial charge >= 0.3 is 5.97 Å². The molecule has 0 aliphatic rings. The summed E-state index contributed by atoms with van der Waals surface area (Å²) in [6, 6.07) is 6.43. The second kappa shape index (κ2) is 5.61. The number of carboxylic acids is 1. The monoisotopic (exact) mass is 220 g/mol. The van der Waals surface area contributed by atoms with Crippen LogP contribution in [-0.2, 0) is 0 Å². The number of aromatic carboxylic acids is 1. The number of carbonyl (C=O) groups is 1. The van der Waals surface area contributed by atoms with E-state index in [1.54, 1.807) is 6.07 Å². The smallest absolute Gasteiger partial charge is 0.339 e. The van der Waals surface area contributed by atoms with Gasteiger partial charge in [-0.3, -0.25) is 0 Å². The highest BCUT2D eigenvalue weighted by atomic mass is 16.5. The van der Waals surface area contributed by atoms with Gasteiger partial charge in [0.05, 0.1) is 12.7 Å². The Morgan fingerprint density at radius 1 is 1.56 bits per heavy atom. The number of hydrogen-bond acceptors (Lipinski definition) is 4. The first-order valence-corrected chi connectivity index (χ1v) is 4.77. The topological polar surface area (TPSA) is 96.3 Å². The largest absolute Gasteiger partial charge is 0.493 e. The van der Waals surface area contributed by atoms with Crippen molar-refractivity contribution in [2.75, 3.05) is 12.3 Å². The first-order chi connectivity index (χ1) is 7.65. The quantitative estimate of drug-likeness (QED) is 0.581. The van der Waals surface area contributed by atoms with Crippen molar-refractivity contribution in [3.8, 4) is 11.8 Å².